The fraction of sp³-hybridized carbons (Fsp3) is 0.562. The molecule has 116 valence electrons. The molecule has 1 fully saturated rings. The number of amides is 2. The highest BCUT2D eigenvalue weighted by molar-refractivity contribution is 6.33. The Kier molecular flexibility index (Phi) is 5.74. The van der Waals surface area contributed by atoms with Gasteiger partial charge >= 0.3 is 6.03 Å². The van der Waals surface area contributed by atoms with Crippen molar-refractivity contribution in [1.82, 2.24) is 10.2 Å². The molecule has 0 bridgehead atoms. The Bertz CT molecular complexity index is 468. The minimum Gasteiger partial charge on any atom is -0.367 e. The Morgan fingerprint density at radius 3 is 2.38 bits per heavy atom. The molecule has 21 heavy (non-hydrogen) atoms. The van der Waals surface area contributed by atoms with E-state index in [0.29, 0.717) is 0 Å². The van der Waals surface area contributed by atoms with Crippen molar-refractivity contribution in [1.29, 1.82) is 0 Å². The van der Waals surface area contributed by atoms with E-state index in [4.69, 9.17) is 11.6 Å². The van der Waals surface area contributed by atoms with E-state index in [0.717, 1.165) is 49.7 Å². The van der Waals surface area contributed by atoms with Crippen molar-refractivity contribution < 1.29 is 4.79 Å². The first-order chi connectivity index (χ1) is 10.2. The molecule has 4 nitrogen and oxygen atoms in total. The summed E-state index contributed by atoms with van der Waals surface area (Å²) in [5, 5.41) is 3.87. The normalized spacial score (nSPS) is 15.4. The Hall–Kier alpha value is -1.42. The number of rotatable bonds is 4. The molecule has 1 saturated heterocycles. The van der Waals surface area contributed by atoms with Gasteiger partial charge in [-0.3, -0.25) is 0 Å². The van der Waals surface area contributed by atoms with Gasteiger partial charge in [0.25, 0.3) is 0 Å². The first kappa shape index (κ1) is 16.0. The van der Waals surface area contributed by atoms with Crippen LogP contribution in [0.1, 0.15) is 26.7 Å². The maximum absolute atomic E-state index is 12.2. The van der Waals surface area contributed by atoms with Crippen LogP contribution in [-0.4, -0.2) is 43.2 Å². The van der Waals surface area contributed by atoms with Crippen LogP contribution in [0.4, 0.5) is 10.5 Å². The highest BCUT2D eigenvalue weighted by Gasteiger charge is 2.23. The summed E-state index contributed by atoms with van der Waals surface area (Å²) in [6, 6.07) is 8.20. The van der Waals surface area contributed by atoms with Crippen molar-refractivity contribution in [3.8, 4) is 0 Å². The maximum atomic E-state index is 12.2. The third-order valence-corrected chi connectivity index (χ3v) is 4.39. The van der Waals surface area contributed by atoms with Crippen LogP contribution in [0.3, 0.4) is 0 Å². The minimum atomic E-state index is 0.0579. The van der Waals surface area contributed by atoms with Crippen LogP contribution in [0, 0.1) is 0 Å². The summed E-state index contributed by atoms with van der Waals surface area (Å²) < 4.78 is 0. The summed E-state index contributed by atoms with van der Waals surface area (Å²) in [5.41, 5.74) is 1.05. The molecular formula is C16H24ClN3O. The van der Waals surface area contributed by atoms with Crippen molar-refractivity contribution in [3.63, 3.8) is 0 Å². The van der Waals surface area contributed by atoms with Crippen LogP contribution in [-0.2, 0) is 0 Å². The Labute approximate surface area is 132 Å². The molecule has 0 radical (unpaired) electrons. The Morgan fingerprint density at radius 1 is 1.19 bits per heavy atom. The van der Waals surface area contributed by atoms with E-state index >= 15 is 0 Å². The first-order valence-corrected chi connectivity index (χ1v) is 8.08. The number of hydrogen-bond acceptors (Lipinski definition) is 2. The van der Waals surface area contributed by atoms with Gasteiger partial charge in [0.05, 0.1) is 10.7 Å². The number of piperazine rings is 1. The van der Waals surface area contributed by atoms with E-state index in [-0.39, 0.29) is 12.1 Å². The van der Waals surface area contributed by atoms with Gasteiger partial charge in [0.2, 0.25) is 0 Å². The van der Waals surface area contributed by atoms with Gasteiger partial charge in [-0.1, -0.05) is 37.6 Å². The third kappa shape index (κ3) is 4.03. The van der Waals surface area contributed by atoms with Gasteiger partial charge in [-0.15, -0.1) is 0 Å². The second-order valence-corrected chi connectivity index (χ2v) is 5.80. The number of hydrogen-bond donors (Lipinski definition) is 1. The van der Waals surface area contributed by atoms with Crippen molar-refractivity contribution in [3.05, 3.63) is 29.3 Å². The summed E-state index contributed by atoms with van der Waals surface area (Å²) in [6.45, 7) is 7.31. The van der Waals surface area contributed by atoms with Crippen LogP contribution in [0.5, 0.6) is 0 Å². The maximum Gasteiger partial charge on any atom is 0.317 e. The molecule has 1 N–H and O–H groups in total. The van der Waals surface area contributed by atoms with E-state index in [2.05, 4.69) is 24.1 Å². The SMILES string of the molecule is CCC(CC)NC(=O)N1CCN(c2ccccc2Cl)CC1. The van der Waals surface area contributed by atoms with Gasteiger partial charge in [0.1, 0.15) is 0 Å². The number of nitrogens with one attached hydrogen (secondary N) is 1. The number of urea groups is 1. The van der Waals surface area contributed by atoms with Gasteiger partial charge in [-0.2, -0.15) is 0 Å². The number of carbonyl (C=O) groups excluding carboxylic acids is 1. The van der Waals surface area contributed by atoms with Crippen LogP contribution in [0.15, 0.2) is 24.3 Å². The fourth-order valence-electron chi connectivity index (χ4n) is 2.62. The highest BCUT2D eigenvalue weighted by atomic mass is 35.5. The minimum absolute atomic E-state index is 0.0579. The molecule has 0 unspecified atom stereocenters. The molecular weight excluding hydrogens is 286 g/mol. The molecule has 1 aromatic rings. The van der Waals surface area contributed by atoms with Gasteiger partial charge in [-0.25, -0.2) is 4.79 Å². The van der Waals surface area contributed by atoms with Crippen molar-refractivity contribution in [2.24, 2.45) is 0 Å². The lowest BCUT2D eigenvalue weighted by Crippen LogP contribution is -2.53. The second-order valence-electron chi connectivity index (χ2n) is 5.39. The zero-order valence-electron chi connectivity index (χ0n) is 12.8. The average molecular weight is 310 g/mol. The Morgan fingerprint density at radius 2 is 1.81 bits per heavy atom. The predicted molar refractivity (Wildman–Crippen MR) is 88.1 cm³/mol. The summed E-state index contributed by atoms with van der Waals surface area (Å²) in [7, 11) is 0. The second kappa shape index (κ2) is 7.55. The number of benzene rings is 1. The summed E-state index contributed by atoms with van der Waals surface area (Å²) in [6.07, 6.45) is 1.95. The molecule has 0 atom stereocenters. The monoisotopic (exact) mass is 309 g/mol. The zero-order chi connectivity index (χ0) is 15.2. The molecule has 1 aliphatic heterocycles. The predicted octanol–water partition coefficient (Wildman–Crippen LogP) is 3.36. The van der Waals surface area contributed by atoms with Crippen molar-refractivity contribution >= 4 is 23.3 Å². The largest absolute Gasteiger partial charge is 0.367 e. The zero-order valence-corrected chi connectivity index (χ0v) is 13.6. The highest BCUT2D eigenvalue weighted by Crippen LogP contribution is 2.25. The number of para-hydroxylation sites is 1. The van der Waals surface area contributed by atoms with Crippen molar-refractivity contribution in [2.45, 2.75) is 32.7 Å². The lowest BCUT2D eigenvalue weighted by Gasteiger charge is -2.37. The summed E-state index contributed by atoms with van der Waals surface area (Å²) >= 11 is 6.23. The van der Waals surface area contributed by atoms with E-state index in [1.54, 1.807) is 0 Å². The quantitative estimate of drug-likeness (QED) is 0.925. The van der Waals surface area contributed by atoms with E-state index in [9.17, 15) is 4.79 Å². The van der Waals surface area contributed by atoms with Crippen LogP contribution in [0.2, 0.25) is 5.02 Å². The van der Waals surface area contributed by atoms with Gasteiger partial charge in [0.15, 0.2) is 0 Å². The standard InChI is InChI=1S/C16H24ClN3O/c1-3-13(4-2)18-16(21)20-11-9-19(10-12-20)15-8-6-5-7-14(15)17/h5-8,13H,3-4,9-12H2,1-2H3,(H,18,21). The topological polar surface area (TPSA) is 35.6 Å². The molecule has 2 amide bonds. The van der Waals surface area contributed by atoms with Crippen LogP contribution >= 0.6 is 11.6 Å². The Balaban J connectivity index is 1.88. The third-order valence-electron chi connectivity index (χ3n) is 4.07. The molecule has 0 spiro atoms. The van der Waals surface area contributed by atoms with E-state index < -0.39 is 0 Å². The lowest BCUT2D eigenvalue weighted by atomic mass is 10.2. The number of halogens is 1. The van der Waals surface area contributed by atoms with Gasteiger partial charge in [-0.05, 0) is 25.0 Å². The molecule has 0 saturated carbocycles. The van der Waals surface area contributed by atoms with Crippen LogP contribution < -0.4 is 10.2 Å². The number of nitrogens with zero attached hydrogens (tertiary/aromatic N) is 2. The molecule has 1 aromatic carbocycles. The van der Waals surface area contributed by atoms with E-state index in [1.165, 1.54) is 0 Å². The molecule has 0 aromatic heterocycles. The smallest absolute Gasteiger partial charge is 0.317 e. The van der Waals surface area contributed by atoms with Crippen LogP contribution in [0.25, 0.3) is 0 Å². The number of carbonyl (C=O) groups is 1. The van der Waals surface area contributed by atoms with Gasteiger partial charge < -0.3 is 15.1 Å². The van der Waals surface area contributed by atoms with Gasteiger partial charge in [0, 0.05) is 32.2 Å². The summed E-state index contributed by atoms with van der Waals surface area (Å²) in [4.78, 5) is 16.3. The molecule has 1 aliphatic rings. The average Bonchev–Trinajstić information content (AvgIpc) is 2.53. The molecule has 5 heteroatoms. The molecule has 2 rings (SSSR count). The lowest BCUT2D eigenvalue weighted by molar-refractivity contribution is 0.189. The number of anilines is 1. The van der Waals surface area contributed by atoms with E-state index in [1.807, 2.05) is 29.2 Å². The first-order valence-electron chi connectivity index (χ1n) is 7.70. The fourth-order valence-corrected chi connectivity index (χ4v) is 2.87. The summed E-state index contributed by atoms with van der Waals surface area (Å²) in [5.74, 6) is 0. The molecule has 1 heterocycles. The molecule has 0 aliphatic carbocycles. The van der Waals surface area contributed by atoms with Crippen molar-refractivity contribution in [2.75, 3.05) is 31.1 Å².